The fourth-order valence-corrected chi connectivity index (χ4v) is 1.41. The molecule has 0 spiro atoms. The molecule has 2 aliphatic rings. The van der Waals surface area contributed by atoms with Crippen LogP contribution < -0.4 is 0 Å². The number of hydrogen-bond donors (Lipinski definition) is 0. The van der Waals surface area contributed by atoms with E-state index in [4.69, 9.17) is 0 Å². The Kier molecular flexibility index (Phi) is 1.84. The molecule has 1 heterocycles. The van der Waals surface area contributed by atoms with Gasteiger partial charge in [0, 0.05) is 6.54 Å². The predicted molar refractivity (Wildman–Crippen MR) is 40.3 cm³/mol. The third-order valence-electron chi connectivity index (χ3n) is 2.15. The van der Waals surface area contributed by atoms with Crippen molar-refractivity contribution in [3.63, 3.8) is 0 Å². The lowest BCUT2D eigenvalue weighted by Crippen LogP contribution is -2.43. The summed E-state index contributed by atoms with van der Waals surface area (Å²) >= 11 is 0. The lowest BCUT2D eigenvalue weighted by molar-refractivity contribution is -0.166. The Labute approximate surface area is 70.5 Å². The Balaban J connectivity index is 1.87. The second kappa shape index (κ2) is 2.86. The van der Waals surface area contributed by atoms with Crippen molar-refractivity contribution < 1.29 is 14.3 Å². The summed E-state index contributed by atoms with van der Waals surface area (Å²) < 4.78 is 4.40. The Morgan fingerprint density at radius 3 is 2.33 bits per heavy atom. The van der Waals surface area contributed by atoms with Crippen LogP contribution in [0.4, 0.5) is 0 Å². The summed E-state index contributed by atoms with van der Waals surface area (Å²) in [5, 5.41) is 0. The predicted octanol–water partition coefficient (Wildman–Crippen LogP) is -0.218. The molecule has 0 aromatic rings. The van der Waals surface area contributed by atoms with Crippen molar-refractivity contribution >= 4 is 11.9 Å². The van der Waals surface area contributed by atoms with Gasteiger partial charge in [-0.25, -0.2) is 0 Å². The molecule has 0 atom stereocenters. The number of esters is 2. The highest BCUT2D eigenvalue weighted by molar-refractivity contribution is 5.90. The summed E-state index contributed by atoms with van der Waals surface area (Å²) in [7, 11) is 0. The monoisotopic (exact) mass is 169 g/mol. The van der Waals surface area contributed by atoms with Crippen LogP contribution in [0, 0.1) is 5.92 Å². The summed E-state index contributed by atoms with van der Waals surface area (Å²) in [5.74, 6) is -0.109. The van der Waals surface area contributed by atoms with E-state index in [1.165, 1.54) is 12.8 Å². The van der Waals surface area contributed by atoms with E-state index in [1.54, 1.807) is 0 Å². The third kappa shape index (κ3) is 1.82. The van der Waals surface area contributed by atoms with Crippen molar-refractivity contribution in [1.82, 2.24) is 4.90 Å². The average Bonchev–Trinajstić information content (AvgIpc) is 2.68. The van der Waals surface area contributed by atoms with Gasteiger partial charge in [0.25, 0.3) is 0 Å². The lowest BCUT2D eigenvalue weighted by atomic mass is 10.3. The molecule has 0 aromatic heterocycles. The van der Waals surface area contributed by atoms with Gasteiger partial charge in [-0.05, 0) is 18.8 Å². The van der Waals surface area contributed by atoms with Gasteiger partial charge in [-0.3, -0.25) is 14.5 Å². The van der Waals surface area contributed by atoms with Gasteiger partial charge < -0.3 is 4.74 Å². The minimum absolute atomic E-state index is 0.280. The van der Waals surface area contributed by atoms with Gasteiger partial charge in [-0.2, -0.15) is 0 Å². The number of rotatable bonds is 2. The molecule has 1 aliphatic carbocycles. The standard InChI is InChI=1S/C8H11NO3/c10-7-4-9(3-6-1-2-6)5-8(11)12-7/h6H,1-5H2. The Morgan fingerprint density at radius 1 is 1.25 bits per heavy atom. The second-order valence-electron chi connectivity index (χ2n) is 3.46. The summed E-state index contributed by atoms with van der Waals surface area (Å²) in [6, 6.07) is 0. The number of carbonyl (C=O) groups is 2. The van der Waals surface area contributed by atoms with Crippen LogP contribution in [0.15, 0.2) is 0 Å². The van der Waals surface area contributed by atoms with E-state index >= 15 is 0 Å². The van der Waals surface area contributed by atoms with Crippen LogP contribution in [0.1, 0.15) is 12.8 Å². The zero-order valence-electron chi connectivity index (χ0n) is 6.78. The maximum absolute atomic E-state index is 10.8. The topological polar surface area (TPSA) is 46.6 Å². The minimum Gasteiger partial charge on any atom is -0.391 e. The van der Waals surface area contributed by atoms with Gasteiger partial charge in [0.05, 0.1) is 13.1 Å². The average molecular weight is 169 g/mol. The first-order valence-corrected chi connectivity index (χ1v) is 4.20. The summed E-state index contributed by atoms with van der Waals surface area (Å²) in [6.07, 6.45) is 2.47. The highest BCUT2D eigenvalue weighted by Gasteiger charge is 2.30. The van der Waals surface area contributed by atoms with Gasteiger partial charge in [0.2, 0.25) is 0 Å². The van der Waals surface area contributed by atoms with Crippen LogP contribution in [-0.4, -0.2) is 36.5 Å². The molecular weight excluding hydrogens is 158 g/mol. The van der Waals surface area contributed by atoms with E-state index in [9.17, 15) is 9.59 Å². The maximum atomic E-state index is 10.8. The van der Waals surface area contributed by atoms with E-state index in [0.29, 0.717) is 5.92 Å². The van der Waals surface area contributed by atoms with E-state index < -0.39 is 11.9 Å². The zero-order valence-corrected chi connectivity index (χ0v) is 6.78. The molecule has 4 nitrogen and oxygen atoms in total. The van der Waals surface area contributed by atoms with Gasteiger partial charge >= 0.3 is 11.9 Å². The first kappa shape index (κ1) is 7.73. The second-order valence-corrected chi connectivity index (χ2v) is 3.46. The molecule has 0 amide bonds. The summed E-state index contributed by atoms with van der Waals surface area (Å²) in [6.45, 7) is 1.44. The van der Waals surface area contributed by atoms with E-state index in [2.05, 4.69) is 4.74 Å². The molecule has 1 saturated heterocycles. The van der Waals surface area contributed by atoms with Crippen LogP contribution in [-0.2, 0) is 14.3 Å². The number of cyclic esters (lactones) is 2. The summed E-state index contributed by atoms with van der Waals surface area (Å²) in [5.41, 5.74) is 0. The maximum Gasteiger partial charge on any atom is 0.327 e. The lowest BCUT2D eigenvalue weighted by Gasteiger charge is -2.23. The fourth-order valence-electron chi connectivity index (χ4n) is 1.41. The molecule has 12 heavy (non-hydrogen) atoms. The molecule has 1 aliphatic heterocycles. The van der Waals surface area contributed by atoms with Gasteiger partial charge in [-0.15, -0.1) is 0 Å². The first-order chi connectivity index (χ1) is 5.74. The summed E-state index contributed by atoms with van der Waals surface area (Å²) in [4.78, 5) is 23.5. The quantitative estimate of drug-likeness (QED) is 0.423. The molecule has 2 fully saturated rings. The molecule has 0 unspecified atom stereocenters. The molecular formula is C8H11NO3. The number of carbonyl (C=O) groups excluding carboxylic acids is 2. The van der Waals surface area contributed by atoms with Crippen molar-refractivity contribution in [2.24, 2.45) is 5.92 Å². The van der Waals surface area contributed by atoms with Crippen molar-refractivity contribution in [2.75, 3.05) is 19.6 Å². The van der Waals surface area contributed by atoms with Crippen molar-refractivity contribution in [1.29, 1.82) is 0 Å². The number of ether oxygens (including phenoxy) is 1. The Morgan fingerprint density at radius 2 is 1.83 bits per heavy atom. The van der Waals surface area contributed by atoms with Gasteiger partial charge in [0.15, 0.2) is 0 Å². The third-order valence-corrected chi connectivity index (χ3v) is 2.15. The molecule has 4 heteroatoms. The first-order valence-electron chi connectivity index (χ1n) is 4.20. The Hall–Kier alpha value is -0.900. The minimum atomic E-state index is -0.410. The fraction of sp³-hybridized carbons (Fsp3) is 0.750. The molecule has 66 valence electrons. The normalized spacial score (nSPS) is 25.7. The molecule has 2 rings (SSSR count). The van der Waals surface area contributed by atoms with Crippen LogP contribution in [0.5, 0.6) is 0 Å². The largest absolute Gasteiger partial charge is 0.391 e. The van der Waals surface area contributed by atoms with Crippen LogP contribution >= 0.6 is 0 Å². The van der Waals surface area contributed by atoms with Crippen LogP contribution in [0.2, 0.25) is 0 Å². The van der Waals surface area contributed by atoms with E-state index in [-0.39, 0.29) is 13.1 Å². The molecule has 0 radical (unpaired) electrons. The molecule has 0 aromatic carbocycles. The molecule has 0 bridgehead atoms. The number of hydrogen-bond acceptors (Lipinski definition) is 4. The SMILES string of the molecule is O=C1CN(CC2CC2)CC(=O)O1. The highest BCUT2D eigenvalue weighted by atomic mass is 16.6. The zero-order chi connectivity index (χ0) is 8.55. The van der Waals surface area contributed by atoms with Crippen LogP contribution in [0.25, 0.3) is 0 Å². The van der Waals surface area contributed by atoms with Crippen LogP contribution in [0.3, 0.4) is 0 Å². The van der Waals surface area contributed by atoms with E-state index in [0.717, 1.165) is 6.54 Å². The Bertz CT molecular complexity index is 206. The van der Waals surface area contributed by atoms with Gasteiger partial charge in [0.1, 0.15) is 0 Å². The highest BCUT2D eigenvalue weighted by Crippen LogP contribution is 2.29. The number of morpholine rings is 1. The van der Waals surface area contributed by atoms with Crippen molar-refractivity contribution in [3.05, 3.63) is 0 Å². The van der Waals surface area contributed by atoms with E-state index in [1.807, 2.05) is 4.90 Å². The van der Waals surface area contributed by atoms with Crippen molar-refractivity contribution in [3.8, 4) is 0 Å². The number of nitrogens with zero attached hydrogens (tertiary/aromatic N) is 1. The van der Waals surface area contributed by atoms with Gasteiger partial charge in [-0.1, -0.05) is 0 Å². The molecule has 0 N–H and O–H groups in total. The van der Waals surface area contributed by atoms with Crippen molar-refractivity contribution in [2.45, 2.75) is 12.8 Å². The smallest absolute Gasteiger partial charge is 0.327 e. The molecule has 1 saturated carbocycles.